The summed E-state index contributed by atoms with van der Waals surface area (Å²) in [6, 6.07) is 14.2. The van der Waals surface area contributed by atoms with E-state index in [1.54, 1.807) is 30.3 Å². The van der Waals surface area contributed by atoms with Crippen LogP contribution in [0.1, 0.15) is 11.1 Å². The molecule has 2 aromatic carbocycles. The van der Waals surface area contributed by atoms with Crippen LogP contribution < -0.4 is 10.9 Å². The molecule has 7 heteroatoms. The zero-order valence-electron chi connectivity index (χ0n) is 14.4. The number of carbonyl (C=O) groups is 1. The summed E-state index contributed by atoms with van der Waals surface area (Å²) in [5.74, 6) is -0.316. The third-order valence-corrected chi connectivity index (χ3v) is 4.22. The Balaban J connectivity index is 1.72. The molecule has 0 saturated carbocycles. The molecule has 2 aromatic heterocycles. The smallest absolute Gasteiger partial charge is 0.347 e. The second kappa shape index (κ2) is 6.42. The molecular weight excluding hydrogens is 344 g/mol. The lowest BCUT2D eigenvalue weighted by molar-refractivity contribution is -0.116. The van der Waals surface area contributed by atoms with E-state index in [1.807, 2.05) is 25.1 Å². The first-order chi connectivity index (χ1) is 13.0. The van der Waals surface area contributed by atoms with Crippen LogP contribution in [-0.2, 0) is 11.3 Å². The molecule has 0 fully saturated rings. The van der Waals surface area contributed by atoms with Gasteiger partial charge in [0.15, 0.2) is 0 Å². The molecule has 0 saturated heterocycles. The molecule has 0 spiro atoms. The second-order valence-corrected chi connectivity index (χ2v) is 6.19. The number of rotatable bonds is 3. The molecule has 1 N–H and O–H groups in total. The quantitative estimate of drug-likeness (QED) is 0.567. The first-order valence-corrected chi connectivity index (χ1v) is 8.24. The Hall–Kier alpha value is -3.92. The summed E-state index contributed by atoms with van der Waals surface area (Å²) in [5, 5.41) is 16.9. The van der Waals surface area contributed by atoms with Crippen LogP contribution in [0.2, 0.25) is 0 Å². The number of nitriles is 1. The van der Waals surface area contributed by atoms with Gasteiger partial charge >= 0.3 is 5.63 Å². The topological polar surface area (TPSA) is 101 Å². The number of nitrogens with one attached hydrogen (secondary N) is 1. The molecule has 4 rings (SSSR count). The lowest BCUT2D eigenvalue weighted by Gasteiger charge is -2.08. The fourth-order valence-corrected chi connectivity index (χ4v) is 3.01. The Bertz CT molecular complexity index is 1290. The van der Waals surface area contributed by atoms with E-state index in [0.717, 1.165) is 10.9 Å². The Kier molecular flexibility index (Phi) is 3.94. The number of fused-ring (bicyclic) bond motifs is 3. The number of hydrogen-bond donors (Lipinski definition) is 1. The number of anilines is 1. The minimum atomic E-state index is -0.491. The molecule has 0 aliphatic carbocycles. The monoisotopic (exact) mass is 358 g/mol. The molecule has 132 valence electrons. The zero-order valence-corrected chi connectivity index (χ0v) is 14.4. The van der Waals surface area contributed by atoms with E-state index in [2.05, 4.69) is 10.4 Å². The third-order valence-electron chi connectivity index (χ3n) is 4.22. The van der Waals surface area contributed by atoms with Crippen molar-refractivity contribution in [3.05, 3.63) is 70.2 Å². The van der Waals surface area contributed by atoms with Gasteiger partial charge in [0.05, 0.1) is 23.3 Å². The van der Waals surface area contributed by atoms with E-state index in [0.29, 0.717) is 27.7 Å². The SMILES string of the molecule is Cc1ccc2oc(=O)c3cnn(CC(=O)Nc4cccc(C#N)c4)c3c2c1. The summed E-state index contributed by atoms with van der Waals surface area (Å²) >= 11 is 0. The van der Waals surface area contributed by atoms with Gasteiger partial charge in [-0.2, -0.15) is 10.4 Å². The van der Waals surface area contributed by atoms with Gasteiger partial charge in [0.1, 0.15) is 17.5 Å². The zero-order chi connectivity index (χ0) is 19.0. The van der Waals surface area contributed by atoms with Crippen LogP contribution in [0.3, 0.4) is 0 Å². The molecule has 27 heavy (non-hydrogen) atoms. The summed E-state index contributed by atoms with van der Waals surface area (Å²) in [4.78, 5) is 24.6. The molecule has 0 aliphatic rings. The van der Waals surface area contributed by atoms with Crippen molar-refractivity contribution in [3.63, 3.8) is 0 Å². The maximum Gasteiger partial charge on any atom is 0.347 e. The van der Waals surface area contributed by atoms with Gasteiger partial charge in [-0.25, -0.2) is 4.79 Å². The van der Waals surface area contributed by atoms with Gasteiger partial charge in [0.25, 0.3) is 0 Å². The minimum Gasteiger partial charge on any atom is -0.422 e. The highest BCUT2D eigenvalue weighted by molar-refractivity contribution is 6.03. The van der Waals surface area contributed by atoms with Gasteiger partial charge in [-0.3, -0.25) is 9.48 Å². The van der Waals surface area contributed by atoms with Gasteiger partial charge in [-0.15, -0.1) is 0 Å². The molecule has 4 aromatic rings. The molecule has 0 aliphatic heterocycles. The van der Waals surface area contributed by atoms with Crippen molar-refractivity contribution >= 4 is 33.5 Å². The summed E-state index contributed by atoms with van der Waals surface area (Å²) in [6.07, 6.45) is 1.41. The molecule has 7 nitrogen and oxygen atoms in total. The normalized spacial score (nSPS) is 10.8. The summed E-state index contributed by atoms with van der Waals surface area (Å²) in [5.41, 5.74) is 2.50. The molecule has 0 unspecified atom stereocenters. The van der Waals surface area contributed by atoms with Crippen LogP contribution in [0.4, 0.5) is 5.69 Å². The number of hydrogen-bond acceptors (Lipinski definition) is 5. The maximum absolute atomic E-state index is 12.5. The average Bonchev–Trinajstić information content (AvgIpc) is 3.07. The van der Waals surface area contributed by atoms with Crippen molar-refractivity contribution in [2.45, 2.75) is 13.5 Å². The third kappa shape index (κ3) is 3.04. The fraction of sp³-hybridized carbons (Fsp3) is 0.100. The standard InChI is InChI=1S/C20H14N4O3/c1-12-5-6-17-15(7-12)19-16(20(26)27-17)10-22-24(19)11-18(25)23-14-4-2-3-13(8-14)9-21/h2-8,10H,11H2,1H3,(H,23,25). The molecule has 0 atom stereocenters. The van der Waals surface area contributed by atoms with E-state index in [9.17, 15) is 9.59 Å². The lowest BCUT2D eigenvalue weighted by Crippen LogP contribution is -2.19. The van der Waals surface area contributed by atoms with E-state index >= 15 is 0 Å². The van der Waals surface area contributed by atoms with Gasteiger partial charge < -0.3 is 9.73 Å². The Labute approximate surface area is 153 Å². The Morgan fingerprint density at radius 3 is 2.93 bits per heavy atom. The summed E-state index contributed by atoms with van der Waals surface area (Å²) in [7, 11) is 0. The number of carbonyl (C=O) groups excluding carboxylic acids is 1. The van der Waals surface area contributed by atoms with Gasteiger partial charge in [-0.1, -0.05) is 17.7 Å². The highest BCUT2D eigenvalue weighted by Gasteiger charge is 2.15. The van der Waals surface area contributed by atoms with Gasteiger partial charge in [0.2, 0.25) is 5.91 Å². The van der Waals surface area contributed by atoms with Gasteiger partial charge in [-0.05, 0) is 37.3 Å². The maximum atomic E-state index is 12.5. The first-order valence-electron chi connectivity index (χ1n) is 8.24. The summed E-state index contributed by atoms with van der Waals surface area (Å²) < 4.78 is 6.81. The van der Waals surface area contributed by atoms with E-state index in [-0.39, 0.29) is 12.5 Å². The number of nitrogens with zero attached hydrogens (tertiary/aromatic N) is 3. The predicted octanol–water partition coefficient (Wildman–Crippen LogP) is 2.96. The second-order valence-electron chi connectivity index (χ2n) is 6.19. The van der Waals surface area contributed by atoms with Crippen LogP contribution in [0, 0.1) is 18.3 Å². The van der Waals surface area contributed by atoms with E-state index < -0.39 is 5.63 Å². The van der Waals surface area contributed by atoms with Crippen LogP contribution in [-0.4, -0.2) is 15.7 Å². The van der Waals surface area contributed by atoms with Crippen LogP contribution in [0.25, 0.3) is 21.9 Å². The van der Waals surface area contributed by atoms with Crippen LogP contribution in [0.15, 0.2) is 57.9 Å². The van der Waals surface area contributed by atoms with Crippen molar-refractivity contribution in [1.82, 2.24) is 9.78 Å². The van der Waals surface area contributed by atoms with E-state index in [1.165, 1.54) is 10.9 Å². The Morgan fingerprint density at radius 1 is 1.26 bits per heavy atom. The van der Waals surface area contributed by atoms with Crippen molar-refractivity contribution in [2.75, 3.05) is 5.32 Å². The first kappa shape index (κ1) is 16.5. The molecule has 0 bridgehead atoms. The number of aryl methyl sites for hydroxylation is 1. The molecule has 2 heterocycles. The predicted molar refractivity (Wildman–Crippen MR) is 100 cm³/mol. The van der Waals surface area contributed by atoms with Crippen LogP contribution >= 0.6 is 0 Å². The average molecular weight is 358 g/mol. The minimum absolute atomic E-state index is 0.0766. The molecule has 1 amide bonds. The van der Waals surface area contributed by atoms with Gasteiger partial charge in [0, 0.05) is 11.1 Å². The lowest BCUT2D eigenvalue weighted by atomic mass is 10.1. The molecular formula is C20H14N4O3. The summed E-state index contributed by atoms with van der Waals surface area (Å²) in [6.45, 7) is 1.86. The Morgan fingerprint density at radius 2 is 2.11 bits per heavy atom. The highest BCUT2D eigenvalue weighted by atomic mass is 16.4. The largest absolute Gasteiger partial charge is 0.422 e. The van der Waals surface area contributed by atoms with Crippen molar-refractivity contribution in [2.24, 2.45) is 0 Å². The number of aromatic nitrogens is 2. The van der Waals surface area contributed by atoms with E-state index in [4.69, 9.17) is 9.68 Å². The van der Waals surface area contributed by atoms with Crippen molar-refractivity contribution in [1.29, 1.82) is 5.26 Å². The highest BCUT2D eigenvalue weighted by Crippen LogP contribution is 2.23. The fourth-order valence-electron chi connectivity index (χ4n) is 3.01. The number of amides is 1. The van der Waals surface area contributed by atoms with Crippen molar-refractivity contribution < 1.29 is 9.21 Å². The van der Waals surface area contributed by atoms with Crippen LogP contribution in [0.5, 0.6) is 0 Å². The molecule has 0 radical (unpaired) electrons. The van der Waals surface area contributed by atoms with Crippen molar-refractivity contribution in [3.8, 4) is 6.07 Å². The number of benzene rings is 2.